The Labute approximate surface area is 141 Å². The van der Waals surface area contributed by atoms with E-state index in [0.717, 1.165) is 37.7 Å². The van der Waals surface area contributed by atoms with Crippen LogP contribution in [0.4, 0.5) is 0 Å². The van der Waals surface area contributed by atoms with Gasteiger partial charge in [0.1, 0.15) is 19.0 Å². The van der Waals surface area contributed by atoms with Gasteiger partial charge in [-0.2, -0.15) is 0 Å². The Morgan fingerprint density at radius 1 is 1.09 bits per heavy atom. The highest BCUT2D eigenvalue weighted by molar-refractivity contribution is 7.93. The van der Waals surface area contributed by atoms with E-state index >= 15 is 0 Å². The minimum atomic E-state index is -0.213. The number of carbonyl (C=O) groups excluding carboxylic acids is 3. The summed E-state index contributed by atoms with van der Waals surface area (Å²) in [7, 11) is 0. The lowest BCUT2D eigenvalue weighted by atomic mass is 9.84. The molecule has 0 atom stereocenters. The van der Waals surface area contributed by atoms with E-state index in [1.165, 1.54) is 0 Å². The first-order valence-electron chi connectivity index (χ1n) is 7.82. The summed E-state index contributed by atoms with van der Waals surface area (Å²) < 4.78 is 10.1. The van der Waals surface area contributed by atoms with E-state index in [0.29, 0.717) is 6.54 Å². The minimum Gasteiger partial charge on any atom is -0.370 e. The van der Waals surface area contributed by atoms with Gasteiger partial charge >= 0.3 is 0 Å². The molecule has 1 rings (SSSR count). The molecule has 0 aliphatic heterocycles. The number of amides is 2. The molecule has 132 valence electrons. The highest BCUT2D eigenvalue weighted by Crippen LogP contribution is 2.24. The number of ketones is 1. The Kier molecular flexibility index (Phi) is 9.89. The predicted octanol–water partition coefficient (Wildman–Crippen LogP) is 0.678. The van der Waals surface area contributed by atoms with Gasteiger partial charge in [-0.25, -0.2) is 0 Å². The standard InChI is InChI=1S/C15H26N2O5S/c1-11(18)12-3-5-13(6-4-12)17-15(20)9-21-8-7-16-14(19)10-22-23-2/h12-13H,3-10H2,1-2H3,(H,16,19)(H,17,20). The maximum Gasteiger partial charge on any atom is 0.247 e. The number of ether oxygens (including phenoxy) is 1. The van der Waals surface area contributed by atoms with E-state index in [1.54, 1.807) is 13.2 Å². The Hall–Kier alpha value is -1.12. The van der Waals surface area contributed by atoms with Crippen molar-refractivity contribution in [1.82, 2.24) is 10.6 Å². The third-order valence-corrected chi connectivity index (χ3v) is 4.13. The molecular weight excluding hydrogens is 320 g/mol. The van der Waals surface area contributed by atoms with Gasteiger partial charge in [-0.1, -0.05) is 0 Å². The smallest absolute Gasteiger partial charge is 0.247 e. The third kappa shape index (κ3) is 8.92. The number of Topliss-reactive ketones (excluding diaryl/α,β-unsaturated/α-hetero) is 1. The molecule has 0 bridgehead atoms. The lowest BCUT2D eigenvalue weighted by Gasteiger charge is -2.27. The van der Waals surface area contributed by atoms with Crippen LogP contribution in [0.5, 0.6) is 0 Å². The average Bonchev–Trinajstić information content (AvgIpc) is 2.53. The monoisotopic (exact) mass is 346 g/mol. The number of hydrogen-bond donors (Lipinski definition) is 2. The van der Waals surface area contributed by atoms with Crippen molar-refractivity contribution >= 4 is 29.6 Å². The molecule has 2 N–H and O–H groups in total. The molecular formula is C15H26N2O5S. The molecule has 7 nitrogen and oxygen atoms in total. The van der Waals surface area contributed by atoms with Crippen molar-refractivity contribution < 1.29 is 23.3 Å². The van der Waals surface area contributed by atoms with E-state index in [-0.39, 0.29) is 49.4 Å². The largest absolute Gasteiger partial charge is 0.370 e. The normalized spacial score (nSPS) is 20.8. The fourth-order valence-electron chi connectivity index (χ4n) is 2.50. The molecule has 8 heteroatoms. The van der Waals surface area contributed by atoms with Crippen molar-refractivity contribution in [3.05, 3.63) is 0 Å². The fraction of sp³-hybridized carbons (Fsp3) is 0.800. The molecule has 0 aromatic rings. The molecule has 23 heavy (non-hydrogen) atoms. The van der Waals surface area contributed by atoms with Crippen molar-refractivity contribution in [2.24, 2.45) is 5.92 Å². The van der Waals surface area contributed by atoms with Crippen molar-refractivity contribution in [1.29, 1.82) is 0 Å². The van der Waals surface area contributed by atoms with Gasteiger partial charge in [0, 0.05) is 24.8 Å². The van der Waals surface area contributed by atoms with Gasteiger partial charge in [-0.15, -0.1) is 0 Å². The van der Waals surface area contributed by atoms with Crippen molar-refractivity contribution in [2.45, 2.75) is 38.6 Å². The molecule has 0 heterocycles. The van der Waals surface area contributed by atoms with Crippen molar-refractivity contribution in [3.8, 4) is 0 Å². The van der Waals surface area contributed by atoms with Gasteiger partial charge in [0.2, 0.25) is 11.8 Å². The number of nitrogens with one attached hydrogen (secondary N) is 2. The van der Waals surface area contributed by atoms with E-state index in [1.807, 2.05) is 0 Å². The van der Waals surface area contributed by atoms with Crippen molar-refractivity contribution in [3.63, 3.8) is 0 Å². The summed E-state index contributed by atoms with van der Waals surface area (Å²) in [6.45, 7) is 2.22. The van der Waals surface area contributed by atoms with Crippen LogP contribution in [0.2, 0.25) is 0 Å². The van der Waals surface area contributed by atoms with Gasteiger partial charge in [0.15, 0.2) is 0 Å². The van der Waals surface area contributed by atoms with E-state index in [2.05, 4.69) is 10.6 Å². The lowest BCUT2D eigenvalue weighted by molar-refractivity contribution is -0.126. The van der Waals surface area contributed by atoms with Crippen LogP contribution in [0.15, 0.2) is 0 Å². The minimum absolute atomic E-state index is 0.00455. The second-order valence-corrected chi connectivity index (χ2v) is 6.13. The highest BCUT2D eigenvalue weighted by atomic mass is 32.2. The molecule has 0 saturated heterocycles. The summed E-state index contributed by atoms with van der Waals surface area (Å²) in [5.41, 5.74) is 0. The van der Waals surface area contributed by atoms with Crippen LogP contribution >= 0.6 is 12.0 Å². The molecule has 2 amide bonds. The van der Waals surface area contributed by atoms with Gasteiger partial charge in [-0.3, -0.25) is 14.4 Å². The van der Waals surface area contributed by atoms with Crippen LogP contribution in [0.1, 0.15) is 32.6 Å². The SMILES string of the molecule is CSOCC(=O)NCCOCC(=O)NC1CCC(C(C)=O)CC1. The molecule has 0 aromatic carbocycles. The zero-order chi connectivity index (χ0) is 17.1. The maximum atomic E-state index is 11.8. The van der Waals surface area contributed by atoms with Crippen LogP contribution in [0.3, 0.4) is 0 Å². The molecule has 1 saturated carbocycles. The number of carbonyl (C=O) groups is 3. The first-order valence-corrected chi connectivity index (χ1v) is 8.97. The molecule has 0 radical (unpaired) electrons. The van der Waals surface area contributed by atoms with Gasteiger partial charge in [-0.05, 0) is 44.6 Å². The summed E-state index contributed by atoms with van der Waals surface area (Å²) in [5.74, 6) is 0.0177. The second-order valence-electron chi connectivity index (χ2n) is 5.56. The highest BCUT2D eigenvalue weighted by Gasteiger charge is 2.24. The topological polar surface area (TPSA) is 93.7 Å². The Morgan fingerprint density at radius 3 is 2.39 bits per heavy atom. The van der Waals surface area contributed by atoms with E-state index < -0.39 is 0 Å². The molecule has 0 spiro atoms. The van der Waals surface area contributed by atoms with Gasteiger partial charge < -0.3 is 19.6 Å². The summed E-state index contributed by atoms with van der Waals surface area (Å²) in [6.07, 6.45) is 5.08. The predicted molar refractivity (Wildman–Crippen MR) is 87.9 cm³/mol. The summed E-state index contributed by atoms with van der Waals surface area (Å²) in [4.78, 5) is 34.3. The van der Waals surface area contributed by atoms with Crippen molar-refractivity contribution in [2.75, 3.05) is 32.6 Å². The van der Waals surface area contributed by atoms with E-state index in [9.17, 15) is 14.4 Å². The summed E-state index contributed by atoms with van der Waals surface area (Å²) >= 11 is 1.13. The Balaban J connectivity index is 2.03. The molecule has 0 aromatic heterocycles. The fourth-order valence-corrected chi connectivity index (χ4v) is 2.73. The van der Waals surface area contributed by atoms with Crippen LogP contribution in [0, 0.1) is 5.92 Å². The number of rotatable bonds is 10. The molecule has 0 unspecified atom stereocenters. The molecule has 1 fully saturated rings. The summed E-state index contributed by atoms with van der Waals surface area (Å²) in [5, 5.41) is 5.54. The lowest BCUT2D eigenvalue weighted by Crippen LogP contribution is -2.40. The zero-order valence-electron chi connectivity index (χ0n) is 13.8. The zero-order valence-corrected chi connectivity index (χ0v) is 14.6. The Morgan fingerprint density at radius 2 is 1.78 bits per heavy atom. The van der Waals surface area contributed by atoms with Crippen LogP contribution < -0.4 is 10.6 Å². The van der Waals surface area contributed by atoms with Crippen LogP contribution in [-0.2, 0) is 23.3 Å². The van der Waals surface area contributed by atoms with Gasteiger partial charge in [0.25, 0.3) is 0 Å². The summed E-state index contributed by atoms with van der Waals surface area (Å²) in [6, 6.07) is 0.130. The van der Waals surface area contributed by atoms with Crippen LogP contribution in [-0.4, -0.2) is 56.3 Å². The Bertz CT molecular complexity index is 397. The second kappa shape index (κ2) is 11.4. The molecule has 1 aliphatic carbocycles. The number of hydrogen-bond acceptors (Lipinski definition) is 6. The maximum absolute atomic E-state index is 11.8. The first kappa shape index (κ1) is 19.9. The van der Waals surface area contributed by atoms with E-state index in [4.69, 9.17) is 8.92 Å². The first-order chi connectivity index (χ1) is 11.0. The molecule has 1 aliphatic rings. The third-order valence-electron chi connectivity index (χ3n) is 3.78. The van der Waals surface area contributed by atoms with Crippen LogP contribution in [0.25, 0.3) is 0 Å². The quantitative estimate of drug-likeness (QED) is 0.446. The van der Waals surface area contributed by atoms with Gasteiger partial charge in [0.05, 0.1) is 6.61 Å². The average molecular weight is 346 g/mol.